The molecular weight excluding hydrogens is 244 g/mol. The van der Waals surface area contributed by atoms with Gasteiger partial charge in [0.15, 0.2) is 0 Å². The molecule has 1 heterocycles. The van der Waals surface area contributed by atoms with Crippen molar-refractivity contribution in [2.75, 3.05) is 20.1 Å². The van der Waals surface area contributed by atoms with Gasteiger partial charge >= 0.3 is 0 Å². The second-order valence-corrected chi connectivity index (χ2v) is 5.01. The number of piperidine rings is 1. The normalized spacial score (nSPS) is 17.4. The van der Waals surface area contributed by atoms with Crippen LogP contribution in [0.2, 0.25) is 0 Å². The van der Waals surface area contributed by atoms with Gasteiger partial charge in [0.25, 0.3) is 0 Å². The Hall–Kier alpha value is -0.570. The van der Waals surface area contributed by atoms with Crippen LogP contribution in [0.4, 0.5) is 0 Å². The molecule has 0 aromatic heterocycles. The van der Waals surface area contributed by atoms with Crippen LogP contribution in [0.5, 0.6) is 0 Å². The van der Waals surface area contributed by atoms with Crippen molar-refractivity contribution in [1.82, 2.24) is 10.2 Å². The van der Waals surface area contributed by atoms with Crippen LogP contribution in [0, 0.1) is 0 Å². The Morgan fingerprint density at radius 1 is 1.11 bits per heavy atom. The fraction of sp³-hybridized carbons (Fsp3) is 0.600. The van der Waals surface area contributed by atoms with Crippen LogP contribution in [0.25, 0.3) is 0 Å². The van der Waals surface area contributed by atoms with E-state index in [0.29, 0.717) is 0 Å². The third kappa shape index (κ3) is 4.27. The van der Waals surface area contributed by atoms with Gasteiger partial charge in [0.1, 0.15) is 0 Å². The molecule has 102 valence electrons. The predicted molar refractivity (Wildman–Crippen MR) is 80.4 cm³/mol. The Kier molecular flexibility index (Phi) is 6.69. The van der Waals surface area contributed by atoms with Crippen molar-refractivity contribution < 1.29 is 0 Å². The summed E-state index contributed by atoms with van der Waals surface area (Å²) in [6.07, 6.45) is 3.70. The lowest BCUT2D eigenvalue weighted by Crippen LogP contribution is -2.40. The third-order valence-electron chi connectivity index (χ3n) is 3.83. The SMILES string of the molecule is CCc1ccc(CN2CCC(NC)CC2)cc1.Cl. The molecule has 1 aliphatic rings. The molecule has 0 radical (unpaired) electrons. The molecule has 0 atom stereocenters. The minimum Gasteiger partial charge on any atom is -0.317 e. The van der Waals surface area contributed by atoms with Crippen LogP contribution in [0.1, 0.15) is 30.9 Å². The summed E-state index contributed by atoms with van der Waals surface area (Å²) in [7, 11) is 2.07. The first-order chi connectivity index (χ1) is 8.31. The maximum Gasteiger partial charge on any atom is 0.0233 e. The molecule has 0 bridgehead atoms. The van der Waals surface area contributed by atoms with Gasteiger partial charge in [-0.05, 0) is 50.5 Å². The van der Waals surface area contributed by atoms with Crippen LogP contribution in [-0.2, 0) is 13.0 Å². The molecule has 0 spiro atoms. The van der Waals surface area contributed by atoms with Crippen molar-refractivity contribution in [2.24, 2.45) is 0 Å². The van der Waals surface area contributed by atoms with E-state index in [0.717, 1.165) is 19.0 Å². The fourth-order valence-corrected chi connectivity index (χ4v) is 2.52. The van der Waals surface area contributed by atoms with E-state index in [2.05, 4.69) is 48.5 Å². The van der Waals surface area contributed by atoms with Gasteiger partial charge in [-0.25, -0.2) is 0 Å². The summed E-state index contributed by atoms with van der Waals surface area (Å²) >= 11 is 0. The van der Waals surface area contributed by atoms with E-state index >= 15 is 0 Å². The molecule has 0 aliphatic carbocycles. The van der Waals surface area contributed by atoms with Crippen molar-refractivity contribution in [3.05, 3.63) is 35.4 Å². The van der Waals surface area contributed by atoms with Crippen molar-refractivity contribution in [3.8, 4) is 0 Å². The van der Waals surface area contributed by atoms with Gasteiger partial charge in [-0.3, -0.25) is 4.90 Å². The highest BCUT2D eigenvalue weighted by atomic mass is 35.5. The Labute approximate surface area is 117 Å². The molecule has 1 aromatic rings. The largest absolute Gasteiger partial charge is 0.317 e. The summed E-state index contributed by atoms with van der Waals surface area (Å²) < 4.78 is 0. The molecule has 1 aliphatic heterocycles. The van der Waals surface area contributed by atoms with E-state index in [1.54, 1.807) is 0 Å². The highest BCUT2D eigenvalue weighted by Gasteiger charge is 2.17. The first-order valence-corrected chi connectivity index (χ1v) is 6.79. The van der Waals surface area contributed by atoms with Gasteiger partial charge in [0.2, 0.25) is 0 Å². The topological polar surface area (TPSA) is 15.3 Å². The Balaban J connectivity index is 0.00000162. The zero-order chi connectivity index (χ0) is 12.1. The van der Waals surface area contributed by atoms with E-state index in [4.69, 9.17) is 0 Å². The number of aryl methyl sites for hydroxylation is 1. The van der Waals surface area contributed by atoms with E-state index in [1.807, 2.05) is 0 Å². The minimum atomic E-state index is 0. The van der Waals surface area contributed by atoms with Crippen molar-refractivity contribution >= 4 is 12.4 Å². The highest BCUT2D eigenvalue weighted by molar-refractivity contribution is 5.85. The number of hydrogen-bond donors (Lipinski definition) is 1. The molecule has 18 heavy (non-hydrogen) atoms. The first-order valence-electron chi connectivity index (χ1n) is 6.79. The summed E-state index contributed by atoms with van der Waals surface area (Å²) in [5, 5.41) is 3.38. The van der Waals surface area contributed by atoms with Crippen LogP contribution in [-0.4, -0.2) is 31.1 Å². The standard InChI is InChI=1S/C15H24N2.ClH/c1-3-13-4-6-14(7-5-13)12-17-10-8-15(16-2)9-11-17;/h4-7,15-16H,3,8-12H2,1-2H3;1H. The average Bonchev–Trinajstić information content (AvgIpc) is 2.40. The van der Waals surface area contributed by atoms with Gasteiger partial charge in [0.05, 0.1) is 0 Å². The smallest absolute Gasteiger partial charge is 0.0233 e. The molecule has 2 rings (SSSR count). The zero-order valence-corrected chi connectivity index (χ0v) is 12.3. The predicted octanol–water partition coefficient (Wildman–Crippen LogP) is 2.85. The third-order valence-corrected chi connectivity index (χ3v) is 3.83. The second-order valence-electron chi connectivity index (χ2n) is 5.01. The molecule has 1 aromatic carbocycles. The van der Waals surface area contributed by atoms with Gasteiger partial charge in [-0.2, -0.15) is 0 Å². The number of nitrogens with zero attached hydrogens (tertiary/aromatic N) is 1. The molecule has 3 heteroatoms. The number of halogens is 1. The zero-order valence-electron chi connectivity index (χ0n) is 11.5. The maximum absolute atomic E-state index is 3.38. The van der Waals surface area contributed by atoms with E-state index in [1.165, 1.54) is 37.1 Å². The van der Waals surface area contributed by atoms with E-state index in [9.17, 15) is 0 Å². The quantitative estimate of drug-likeness (QED) is 0.903. The highest BCUT2D eigenvalue weighted by Crippen LogP contribution is 2.14. The monoisotopic (exact) mass is 268 g/mol. The van der Waals surface area contributed by atoms with Gasteiger partial charge in [0, 0.05) is 12.6 Å². The lowest BCUT2D eigenvalue weighted by atomic mass is 10.0. The van der Waals surface area contributed by atoms with Crippen LogP contribution in [0.3, 0.4) is 0 Å². The maximum atomic E-state index is 3.38. The number of hydrogen-bond acceptors (Lipinski definition) is 2. The van der Waals surface area contributed by atoms with E-state index < -0.39 is 0 Å². The molecule has 2 nitrogen and oxygen atoms in total. The molecule has 1 saturated heterocycles. The van der Waals surface area contributed by atoms with Crippen molar-refractivity contribution in [3.63, 3.8) is 0 Å². The Bertz CT molecular complexity index is 329. The summed E-state index contributed by atoms with van der Waals surface area (Å²) in [4.78, 5) is 2.56. The summed E-state index contributed by atoms with van der Waals surface area (Å²) in [6, 6.07) is 9.81. The average molecular weight is 269 g/mol. The van der Waals surface area contributed by atoms with Crippen LogP contribution >= 0.6 is 12.4 Å². The Morgan fingerprint density at radius 3 is 2.17 bits per heavy atom. The second kappa shape index (κ2) is 7.78. The number of benzene rings is 1. The molecule has 0 unspecified atom stereocenters. The molecule has 0 amide bonds. The van der Waals surface area contributed by atoms with Crippen molar-refractivity contribution in [2.45, 2.75) is 38.8 Å². The lowest BCUT2D eigenvalue weighted by Gasteiger charge is -2.31. The molecule has 1 N–H and O–H groups in total. The number of nitrogens with one attached hydrogen (secondary N) is 1. The summed E-state index contributed by atoms with van der Waals surface area (Å²) in [5.41, 5.74) is 2.88. The molecule has 1 fully saturated rings. The summed E-state index contributed by atoms with van der Waals surface area (Å²) in [6.45, 7) is 5.76. The number of rotatable bonds is 4. The van der Waals surface area contributed by atoms with Gasteiger partial charge in [-0.1, -0.05) is 31.2 Å². The van der Waals surface area contributed by atoms with Gasteiger partial charge < -0.3 is 5.32 Å². The molecule has 0 saturated carbocycles. The minimum absolute atomic E-state index is 0. The lowest BCUT2D eigenvalue weighted by molar-refractivity contribution is 0.194. The van der Waals surface area contributed by atoms with E-state index in [-0.39, 0.29) is 12.4 Å². The summed E-state index contributed by atoms with van der Waals surface area (Å²) in [5.74, 6) is 0. The molecular formula is C15H25ClN2. The van der Waals surface area contributed by atoms with Crippen LogP contribution < -0.4 is 5.32 Å². The first kappa shape index (κ1) is 15.5. The fourth-order valence-electron chi connectivity index (χ4n) is 2.52. The van der Waals surface area contributed by atoms with Crippen molar-refractivity contribution in [1.29, 1.82) is 0 Å². The van der Waals surface area contributed by atoms with Crippen LogP contribution in [0.15, 0.2) is 24.3 Å². The number of likely N-dealkylation sites (tertiary alicyclic amines) is 1. The Morgan fingerprint density at radius 2 is 1.67 bits per heavy atom. The van der Waals surface area contributed by atoms with Gasteiger partial charge in [-0.15, -0.1) is 12.4 Å².